The SMILES string of the molecule is CCCCC(NS(=O)(=O)c1ccc2c(c1)N(C(C)=O)CC(C)(C)O2)C(=O)O. The van der Waals surface area contributed by atoms with Crippen LogP contribution in [-0.4, -0.2) is 43.6 Å². The number of carboxylic acid groups (broad SMARTS) is 1. The Morgan fingerprint density at radius 1 is 1.37 bits per heavy atom. The number of benzene rings is 1. The molecule has 0 saturated carbocycles. The smallest absolute Gasteiger partial charge is 0.321 e. The molecule has 8 nitrogen and oxygen atoms in total. The van der Waals surface area contributed by atoms with E-state index >= 15 is 0 Å². The molecule has 1 aromatic rings. The molecule has 1 aromatic carbocycles. The summed E-state index contributed by atoms with van der Waals surface area (Å²) in [5, 5.41) is 9.27. The first-order chi connectivity index (χ1) is 12.5. The number of aliphatic carboxylic acids is 1. The maximum absolute atomic E-state index is 12.7. The molecule has 1 aliphatic rings. The Morgan fingerprint density at radius 3 is 2.59 bits per heavy atom. The Morgan fingerprint density at radius 2 is 2.04 bits per heavy atom. The predicted molar refractivity (Wildman–Crippen MR) is 100 cm³/mol. The van der Waals surface area contributed by atoms with Crippen LogP contribution in [0.5, 0.6) is 5.75 Å². The van der Waals surface area contributed by atoms with Crippen molar-refractivity contribution in [3.05, 3.63) is 18.2 Å². The molecular weight excluding hydrogens is 372 g/mol. The summed E-state index contributed by atoms with van der Waals surface area (Å²) in [6.07, 6.45) is 1.54. The molecular formula is C18H26N2O6S. The molecule has 0 radical (unpaired) electrons. The first-order valence-electron chi connectivity index (χ1n) is 8.83. The summed E-state index contributed by atoms with van der Waals surface area (Å²) in [4.78, 5) is 24.7. The summed E-state index contributed by atoms with van der Waals surface area (Å²) in [5.41, 5.74) is -0.253. The van der Waals surface area contributed by atoms with E-state index in [4.69, 9.17) is 4.74 Å². The van der Waals surface area contributed by atoms with Gasteiger partial charge in [0.25, 0.3) is 0 Å². The highest BCUT2D eigenvalue weighted by molar-refractivity contribution is 7.89. The molecule has 27 heavy (non-hydrogen) atoms. The van der Waals surface area contributed by atoms with E-state index < -0.39 is 27.6 Å². The van der Waals surface area contributed by atoms with E-state index in [9.17, 15) is 23.1 Å². The molecule has 1 aliphatic heterocycles. The van der Waals surface area contributed by atoms with Crippen LogP contribution in [0.2, 0.25) is 0 Å². The van der Waals surface area contributed by atoms with Crippen LogP contribution in [0.4, 0.5) is 5.69 Å². The number of anilines is 1. The average Bonchev–Trinajstić information content (AvgIpc) is 2.56. The Labute approximate surface area is 159 Å². The van der Waals surface area contributed by atoms with Crippen LogP contribution in [0.1, 0.15) is 47.0 Å². The molecule has 1 unspecified atom stereocenters. The number of fused-ring (bicyclic) bond motifs is 1. The van der Waals surface area contributed by atoms with Gasteiger partial charge in [0, 0.05) is 6.92 Å². The van der Waals surface area contributed by atoms with Crippen molar-refractivity contribution in [2.45, 2.75) is 63.5 Å². The van der Waals surface area contributed by atoms with Crippen LogP contribution in [-0.2, 0) is 19.6 Å². The third-order valence-corrected chi connectivity index (χ3v) is 5.75. The van der Waals surface area contributed by atoms with Gasteiger partial charge in [0.2, 0.25) is 15.9 Å². The molecule has 0 fully saturated rings. The second kappa shape index (κ2) is 7.85. The third kappa shape index (κ3) is 4.98. The van der Waals surface area contributed by atoms with Crippen molar-refractivity contribution in [2.24, 2.45) is 0 Å². The number of carbonyl (C=O) groups excluding carboxylic acids is 1. The van der Waals surface area contributed by atoms with Crippen molar-refractivity contribution < 1.29 is 27.9 Å². The summed E-state index contributed by atoms with van der Waals surface area (Å²) < 4.78 is 33.4. The molecule has 1 atom stereocenters. The van der Waals surface area contributed by atoms with Gasteiger partial charge in [0.1, 0.15) is 17.4 Å². The maximum Gasteiger partial charge on any atom is 0.321 e. The Bertz CT molecular complexity index is 834. The van der Waals surface area contributed by atoms with Crippen molar-refractivity contribution in [3.8, 4) is 5.75 Å². The fourth-order valence-electron chi connectivity index (χ4n) is 2.93. The van der Waals surface area contributed by atoms with Gasteiger partial charge in [-0.05, 0) is 38.5 Å². The fraction of sp³-hybridized carbons (Fsp3) is 0.556. The monoisotopic (exact) mass is 398 g/mol. The van der Waals surface area contributed by atoms with Gasteiger partial charge < -0.3 is 14.7 Å². The minimum atomic E-state index is -4.07. The maximum atomic E-state index is 12.7. The van der Waals surface area contributed by atoms with Crippen LogP contribution >= 0.6 is 0 Å². The minimum Gasteiger partial charge on any atom is -0.484 e. The van der Waals surface area contributed by atoms with Gasteiger partial charge in [-0.25, -0.2) is 8.42 Å². The largest absolute Gasteiger partial charge is 0.484 e. The van der Waals surface area contributed by atoms with Crippen LogP contribution in [0.15, 0.2) is 23.1 Å². The quantitative estimate of drug-likeness (QED) is 0.727. The minimum absolute atomic E-state index is 0.112. The van der Waals surface area contributed by atoms with Crippen LogP contribution in [0, 0.1) is 0 Å². The highest BCUT2D eigenvalue weighted by Gasteiger charge is 2.35. The predicted octanol–water partition coefficient (Wildman–Crippen LogP) is 2.13. The zero-order valence-electron chi connectivity index (χ0n) is 16.0. The highest BCUT2D eigenvalue weighted by atomic mass is 32.2. The highest BCUT2D eigenvalue weighted by Crippen LogP contribution is 2.38. The van der Waals surface area contributed by atoms with Crippen LogP contribution < -0.4 is 14.4 Å². The molecule has 9 heteroatoms. The first-order valence-corrected chi connectivity index (χ1v) is 10.3. The summed E-state index contributed by atoms with van der Waals surface area (Å²) in [5.74, 6) is -1.05. The van der Waals surface area contributed by atoms with E-state index in [1.807, 2.05) is 20.8 Å². The Kier molecular flexibility index (Phi) is 6.16. The van der Waals surface area contributed by atoms with E-state index in [0.717, 1.165) is 6.42 Å². The second-order valence-electron chi connectivity index (χ2n) is 7.25. The number of rotatable bonds is 7. The Hall–Kier alpha value is -2.13. The lowest BCUT2D eigenvalue weighted by atomic mass is 10.1. The van der Waals surface area contributed by atoms with Gasteiger partial charge in [0.15, 0.2) is 0 Å². The van der Waals surface area contributed by atoms with E-state index in [2.05, 4.69) is 4.72 Å². The van der Waals surface area contributed by atoms with Crippen LogP contribution in [0.3, 0.4) is 0 Å². The number of nitrogens with zero attached hydrogens (tertiary/aromatic N) is 1. The molecule has 150 valence electrons. The second-order valence-corrected chi connectivity index (χ2v) is 8.96. The van der Waals surface area contributed by atoms with E-state index in [1.54, 1.807) is 0 Å². The molecule has 0 aliphatic carbocycles. The van der Waals surface area contributed by atoms with Gasteiger partial charge in [-0.3, -0.25) is 9.59 Å². The van der Waals surface area contributed by atoms with Crippen molar-refractivity contribution in [1.29, 1.82) is 0 Å². The Balaban J connectivity index is 2.38. The summed E-state index contributed by atoms with van der Waals surface area (Å²) in [6, 6.07) is 2.97. The number of amides is 1. The molecule has 1 amide bonds. The topological polar surface area (TPSA) is 113 Å². The summed E-state index contributed by atoms with van der Waals surface area (Å²) in [6.45, 7) is 7.25. The molecule has 1 heterocycles. The van der Waals surface area contributed by atoms with Gasteiger partial charge in [-0.2, -0.15) is 4.72 Å². The zero-order valence-corrected chi connectivity index (χ0v) is 16.8. The molecule has 2 rings (SSSR count). The van der Waals surface area contributed by atoms with Crippen molar-refractivity contribution in [1.82, 2.24) is 4.72 Å². The first kappa shape index (κ1) is 21.2. The number of nitrogens with one attached hydrogen (secondary N) is 1. The zero-order chi connectivity index (χ0) is 20.4. The molecule has 0 aromatic heterocycles. The molecule has 0 saturated heterocycles. The third-order valence-electron chi connectivity index (χ3n) is 4.28. The molecule has 0 spiro atoms. The lowest BCUT2D eigenvalue weighted by Gasteiger charge is -2.39. The summed E-state index contributed by atoms with van der Waals surface area (Å²) in [7, 11) is -4.07. The van der Waals surface area contributed by atoms with Gasteiger partial charge >= 0.3 is 5.97 Å². The number of ether oxygens (including phenoxy) is 1. The molecule has 0 bridgehead atoms. The standard InChI is InChI=1S/C18H26N2O6S/c1-5-6-7-14(17(22)23)19-27(24,25)13-8-9-16-15(10-13)20(12(2)21)11-18(3,4)26-16/h8-10,14,19H,5-7,11H2,1-4H3,(H,22,23). The van der Waals surface area contributed by atoms with Crippen LogP contribution in [0.25, 0.3) is 0 Å². The number of sulfonamides is 1. The van der Waals surface area contributed by atoms with Crippen molar-refractivity contribution in [3.63, 3.8) is 0 Å². The van der Waals surface area contributed by atoms with E-state index in [0.29, 0.717) is 17.9 Å². The molecule has 2 N–H and O–H groups in total. The van der Waals surface area contributed by atoms with Gasteiger partial charge in [0.05, 0.1) is 17.1 Å². The van der Waals surface area contributed by atoms with Crippen molar-refractivity contribution in [2.75, 3.05) is 11.4 Å². The number of carboxylic acids is 1. The number of hydrogen-bond acceptors (Lipinski definition) is 5. The van der Waals surface area contributed by atoms with Crippen molar-refractivity contribution >= 4 is 27.6 Å². The van der Waals surface area contributed by atoms with E-state index in [1.165, 1.54) is 30.0 Å². The average molecular weight is 398 g/mol. The fourth-order valence-corrected chi connectivity index (χ4v) is 4.18. The van der Waals surface area contributed by atoms with Gasteiger partial charge in [-0.1, -0.05) is 19.8 Å². The summed E-state index contributed by atoms with van der Waals surface area (Å²) >= 11 is 0. The number of carbonyl (C=O) groups is 2. The number of unbranched alkanes of at least 4 members (excludes halogenated alkanes) is 1. The van der Waals surface area contributed by atoms with E-state index in [-0.39, 0.29) is 23.8 Å². The van der Waals surface area contributed by atoms with Gasteiger partial charge in [-0.15, -0.1) is 0 Å². The lowest BCUT2D eigenvalue weighted by Crippen LogP contribution is -2.48. The lowest BCUT2D eigenvalue weighted by molar-refractivity contribution is -0.139. The number of hydrogen-bond donors (Lipinski definition) is 2. The normalized spacial score (nSPS) is 17.0.